The van der Waals surface area contributed by atoms with Crippen molar-refractivity contribution in [3.63, 3.8) is 0 Å². The molecule has 170 valence electrons. The van der Waals surface area contributed by atoms with Gasteiger partial charge in [0.05, 0.1) is 7.11 Å². The highest BCUT2D eigenvalue weighted by Gasteiger charge is 2.11. The third-order valence-electron chi connectivity index (χ3n) is 5.05. The molecule has 0 saturated heterocycles. The van der Waals surface area contributed by atoms with Crippen LogP contribution in [-0.4, -0.2) is 26.0 Å². The van der Waals surface area contributed by atoms with E-state index in [1.54, 1.807) is 19.2 Å². The van der Waals surface area contributed by atoms with Crippen molar-refractivity contribution in [2.24, 2.45) is 0 Å². The van der Waals surface area contributed by atoms with Crippen LogP contribution in [0.1, 0.15) is 18.1 Å². The molecular formula is C27H26O6. The molecule has 3 rings (SSSR count). The molecule has 33 heavy (non-hydrogen) atoms. The quantitative estimate of drug-likeness (QED) is 0.185. The zero-order valence-electron chi connectivity index (χ0n) is 19.1. The van der Waals surface area contributed by atoms with Gasteiger partial charge in [0, 0.05) is 5.57 Å². The van der Waals surface area contributed by atoms with Crippen LogP contribution in [0.15, 0.2) is 72.8 Å². The molecule has 0 heterocycles. The van der Waals surface area contributed by atoms with Crippen molar-refractivity contribution >= 4 is 12.1 Å². The maximum Gasteiger partial charge on any atom is 0.516 e. The van der Waals surface area contributed by atoms with Crippen molar-refractivity contribution in [1.82, 2.24) is 0 Å². The second kappa shape index (κ2) is 10.5. The lowest BCUT2D eigenvalue weighted by Crippen LogP contribution is -2.15. The molecule has 0 N–H and O–H groups in total. The van der Waals surface area contributed by atoms with Gasteiger partial charge >= 0.3 is 12.1 Å². The van der Waals surface area contributed by atoms with Gasteiger partial charge in [-0.05, 0) is 78.4 Å². The average molecular weight is 446 g/mol. The number of carbonyl (C=O) groups is 2. The van der Waals surface area contributed by atoms with Gasteiger partial charge in [-0.1, -0.05) is 43.0 Å². The summed E-state index contributed by atoms with van der Waals surface area (Å²) in [7, 11) is 1.65. The lowest BCUT2D eigenvalue weighted by atomic mass is 9.92. The molecule has 3 aromatic rings. The molecule has 6 heteroatoms. The van der Waals surface area contributed by atoms with Crippen LogP contribution in [0.3, 0.4) is 0 Å². The SMILES string of the molecule is C=C(C)C(=O)OCOC(=O)Oc1ccc(-c2cc(C)c(-c3ccc(OC)cc3)cc2C)cc1. The van der Waals surface area contributed by atoms with E-state index in [9.17, 15) is 9.59 Å². The fourth-order valence-electron chi connectivity index (χ4n) is 3.29. The average Bonchev–Trinajstić information content (AvgIpc) is 2.81. The summed E-state index contributed by atoms with van der Waals surface area (Å²) in [5, 5.41) is 0. The number of hydrogen-bond acceptors (Lipinski definition) is 6. The summed E-state index contributed by atoms with van der Waals surface area (Å²) < 4.78 is 19.8. The largest absolute Gasteiger partial charge is 0.516 e. The summed E-state index contributed by atoms with van der Waals surface area (Å²) in [6.07, 6.45) is -0.965. The number of ether oxygens (including phenoxy) is 4. The first-order chi connectivity index (χ1) is 15.8. The van der Waals surface area contributed by atoms with Gasteiger partial charge < -0.3 is 18.9 Å². The van der Waals surface area contributed by atoms with Gasteiger partial charge in [-0.15, -0.1) is 0 Å². The first-order valence-corrected chi connectivity index (χ1v) is 10.3. The Morgan fingerprint density at radius 3 is 1.73 bits per heavy atom. The first-order valence-electron chi connectivity index (χ1n) is 10.3. The third-order valence-corrected chi connectivity index (χ3v) is 5.05. The lowest BCUT2D eigenvalue weighted by molar-refractivity contribution is -0.147. The van der Waals surface area contributed by atoms with Crippen molar-refractivity contribution in [3.8, 4) is 33.8 Å². The lowest BCUT2D eigenvalue weighted by Gasteiger charge is -2.14. The summed E-state index contributed by atoms with van der Waals surface area (Å²) in [5.41, 5.74) is 6.85. The van der Waals surface area contributed by atoms with Crippen LogP contribution in [0.2, 0.25) is 0 Å². The topological polar surface area (TPSA) is 71.1 Å². The molecule has 0 spiro atoms. The number of rotatable bonds is 7. The highest BCUT2D eigenvalue weighted by Crippen LogP contribution is 2.33. The predicted octanol–water partition coefficient (Wildman–Crippen LogP) is 6.24. The molecule has 0 atom stereocenters. The van der Waals surface area contributed by atoms with E-state index in [4.69, 9.17) is 18.9 Å². The molecule has 3 aromatic carbocycles. The van der Waals surface area contributed by atoms with Crippen LogP contribution < -0.4 is 9.47 Å². The van der Waals surface area contributed by atoms with E-state index in [2.05, 4.69) is 32.6 Å². The molecule has 0 fully saturated rings. The maximum atomic E-state index is 11.8. The highest BCUT2D eigenvalue weighted by atomic mass is 16.8. The van der Waals surface area contributed by atoms with Crippen molar-refractivity contribution in [1.29, 1.82) is 0 Å². The normalized spacial score (nSPS) is 10.3. The van der Waals surface area contributed by atoms with E-state index >= 15 is 0 Å². The minimum atomic E-state index is -0.965. The van der Waals surface area contributed by atoms with Crippen LogP contribution in [0.25, 0.3) is 22.3 Å². The fraction of sp³-hybridized carbons (Fsp3) is 0.185. The number of methoxy groups -OCH3 is 1. The van der Waals surface area contributed by atoms with E-state index in [1.807, 2.05) is 36.4 Å². The fourth-order valence-corrected chi connectivity index (χ4v) is 3.29. The number of hydrogen-bond donors (Lipinski definition) is 0. The van der Waals surface area contributed by atoms with Gasteiger partial charge in [-0.3, -0.25) is 0 Å². The Bertz CT molecular complexity index is 1160. The van der Waals surface area contributed by atoms with Crippen LogP contribution in [0, 0.1) is 13.8 Å². The van der Waals surface area contributed by atoms with E-state index in [0.29, 0.717) is 5.75 Å². The summed E-state index contributed by atoms with van der Waals surface area (Å²) in [5.74, 6) is 0.499. The standard InChI is InChI=1S/C27H26O6/c1-17(2)26(28)31-16-32-27(29)33-23-12-8-21(9-13-23)25-15-18(3)24(14-19(25)4)20-6-10-22(30-5)11-7-20/h6-15H,1,16H2,2-5H3. The maximum absolute atomic E-state index is 11.8. The first kappa shape index (κ1) is 23.6. The Labute approximate surface area is 193 Å². The van der Waals surface area contributed by atoms with E-state index < -0.39 is 18.9 Å². The molecule has 0 amide bonds. The Hall–Kier alpha value is -4.06. The van der Waals surface area contributed by atoms with Crippen molar-refractivity contribution in [2.75, 3.05) is 13.9 Å². The van der Waals surface area contributed by atoms with Crippen molar-refractivity contribution < 1.29 is 28.5 Å². The molecule has 0 aliphatic rings. The smallest absolute Gasteiger partial charge is 0.497 e. The Kier molecular flexibility index (Phi) is 7.51. The molecule has 0 radical (unpaired) electrons. The molecule has 0 aliphatic carbocycles. The molecule has 0 unspecified atom stereocenters. The number of carbonyl (C=O) groups excluding carboxylic acids is 2. The Morgan fingerprint density at radius 2 is 1.27 bits per heavy atom. The summed E-state index contributed by atoms with van der Waals surface area (Å²) in [6.45, 7) is 8.54. The summed E-state index contributed by atoms with van der Waals surface area (Å²) >= 11 is 0. The zero-order valence-corrected chi connectivity index (χ0v) is 19.1. The molecule has 0 aliphatic heterocycles. The minimum Gasteiger partial charge on any atom is -0.497 e. The van der Waals surface area contributed by atoms with Crippen LogP contribution in [0.5, 0.6) is 11.5 Å². The number of benzene rings is 3. The second-order valence-corrected chi connectivity index (χ2v) is 7.56. The third kappa shape index (κ3) is 6.01. The van der Waals surface area contributed by atoms with Crippen LogP contribution >= 0.6 is 0 Å². The number of esters is 1. The summed E-state index contributed by atoms with van der Waals surface area (Å²) in [4.78, 5) is 23.0. The minimum absolute atomic E-state index is 0.213. The second-order valence-electron chi connectivity index (χ2n) is 7.56. The van der Waals surface area contributed by atoms with Gasteiger partial charge in [-0.25, -0.2) is 9.59 Å². The monoisotopic (exact) mass is 446 g/mol. The molecule has 0 aromatic heterocycles. The Morgan fingerprint density at radius 1 is 0.788 bits per heavy atom. The van der Waals surface area contributed by atoms with Crippen LogP contribution in [-0.2, 0) is 14.3 Å². The molecule has 6 nitrogen and oxygen atoms in total. The van der Waals surface area contributed by atoms with E-state index in [0.717, 1.165) is 39.1 Å². The summed E-state index contributed by atoms with van der Waals surface area (Å²) in [6, 6.07) is 19.4. The van der Waals surface area contributed by atoms with Crippen LogP contribution in [0.4, 0.5) is 4.79 Å². The number of aryl methyl sites for hydroxylation is 2. The van der Waals surface area contributed by atoms with E-state index in [1.165, 1.54) is 6.92 Å². The Balaban J connectivity index is 1.68. The predicted molar refractivity (Wildman–Crippen MR) is 126 cm³/mol. The molecular weight excluding hydrogens is 420 g/mol. The van der Waals surface area contributed by atoms with Gasteiger partial charge in [0.15, 0.2) is 0 Å². The van der Waals surface area contributed by atoms with E-state index in [-0.39, 0.29) is 5.57 Å². The van der Waals surface area contributed by atoms with Gasteiger partial charge in [0.25, 0.3) is 0 Å². The van der Waals surface area contributed by atoms with Crippen molar-refractivity contribution in [3.05, 3.63) is 83.9 Å². The molecule has 0 saturated carbocycles. The van der Waals surface area contributed by atoms with Gasteiger partial charge in [-0.2, -0.15) is 0 Å². The van der Waals surface area contributed by atoms with Gasteiger partial charge in [0.1, 0.15) is 11.5 Å². The van der Waals surface area contributed by atoms with Crippen molar-refractivity contribution in [2.45, 2.75) is 20.8 Å². The highest BCUT2D eigenvalue weighted by molar-refractivity contribution is 5.86. The zero-order chi connectivity index (χ0) is 24.0. The van der Waals surface area contributed by atoms with Gasteiger partial charge in [0.2, 0.25) is 6.79 Å². The molecule has 0 bridgehead atoms.